The number of hydrogen-bond acceptors (Lipinski definition) is 7. The maximum atomic E-state index is 11.6. The first kappa shape index (κ1) is 26.8. The van der Waals surface area contributed by atoms with Crippen molar-refractivity contribution in [2.45, 2.75) is 121 Å². The molecule has 34 heavy (non-hydrogen) atoms. The lowest BCUT2D eigenvalue weighted by molar-refractivity contribution is -0.268. The first-order valence-corrected chi connectivity index (χ1v) is 13.5. The van der Waals surface area contributed by atoms with Gasteiger partial charge in [-0.05, 0) is 80.5 Å². The number of aliphatic hydroxyl groups is 7. The summed E-state index contributed by atoms with van der Waals surface area (Å²) < 4.78 is 0. The van der Waals surface area contributed by atoms with Crippen LogP contribution >= 0.6 is 0 Å². The Labute approximate surface area is 204 Å². The quantitative estimate of drug-likeness (QED) is 0.303. The molecular formula is C27H48O7. The summed E-state index contributed by atoms with van der Waals surface area (Å²) in [5, 5.41) is 75.2. The average molecular weight is 485 g/mol. The highest BCUT2D eigenvalue weighted by molar-refractivity contribution is 5.19. The molecule has 0 aromatic carbocycles. The third kappa shape index (κ3) is 3.89. The first-order valence-electron chi connectivity index (χ1n) is 13.5. The molecule has 7 nitrogen and oxygen atoms in total. The van der Waals surface area contributed by atoms with E-state index in [2.05, 4.69) is 20.8 Å². The minimum absolute atomic E-state index is 0.00578. The van der Waals surface area contributed by atoms with Crippen LogP contribution in [0.2, 0.25) is 0 Å². The smallest absolute Gasteiger partial charge is 0.0985 e. The van der Waals surface area contributed by atoms with Crippen molar-refractivity contribution in [2.75, 3.05) is 6.61 Å². The van der Waals surface area contributed by atoms with Gasteiger partial charge in [-0.1, -0.05) is 33.6 Å². The van der Waals surface area contributed by atoms with Crippen LogP contribution in [0.5, 0.6) is 0 Å². The van der Waals surface area contributed by atoms with Gasteiger partial charge < -0.3 is 35.7 Å². The van der Waals surface area contributed by atoms with E-state index in [0.29, 0.717) is 25.7 Å². The normalized spacial score (nSPS) is 53.4. The highest BCUT2D eigenvalue weighted by Gasteiger charge is 2.70. The van der Waals surface area contributed by atoms with Crippen molar-refractivity contribution in [1.82, 2.24) is 0 Å². The Balaban J connectivity index is 1.57. The largest absolute Gasteiger partial charge is 0.393 e. The molecule has 13 atom stereocenters. The molecule has 4 saturated carbocycles. The molecule has 0 amide bonds. The molecule has 0 aliphatic heterocycles. The first-order chi connectivity index (χ1) is 15.7. The molecule has 4 aliphatic carbocycles. The molecule has 0 saturated heterocycles. The Kier molecular flexibility index (Phi) is 7.03. The fraction of sp³-hybridized carbons (Fsp3) is 1.00. The van der Waals surface area contributed by atoms with E-state index in [1.165, 1.54) is 0 Å². The van der Waals surface area contributed by atoms with Crippen LogP contribution in [-0.2, 0) is 0 Å². The third-order valence-electron chi connectivity index (χ3n) is 11.3. The second kappa shape index (κ2) is 8.93. The predicted molar refractivity (Wildman–Crippen MR) is 128 cm³/mol. The van der Waals surface area contributed by atoms with Crippen LogP contribution in [0.3, 0.4) is 0 Å². The van der Waals surface area contributed by atoms with Crippen LogP contribution in [0.4, 0.5) is 0 Å². The maximum absolute atomic E-state index is 11.6. The Hall–Kier alpha value is -0.280. The highest BCUT2D eigenvalue weighted by atomic mass is 16.4. The van der Waals surface area contributed by atoms with Gasteiger partial charge in [0.1, 0.15) is 0 Å². The van der Waals surface area contributed by atoms with Crippen molar-refractivity contribution in [3.05, 3.63) is 0 Å². The van der Waals surface area contributed by atoms with Gasteiger partial charge in [-0.2, -0.15) is 0 Å². The molecule has 4 fully saturated rings. The average Bonchev–Trinajstić information content (AvgIpc) is 2.96. The van der Waals surface area contributed by atoms with Gasteiger partial charge in [-0.3, -0.25) is 0 Å². The van der Waals surface area contributed by atoms with Gasteiger partial charge in [-0.25, -0.2) is 0 Å². The SMILES string of the molecule is CC(CCCC(C)(O)CO)C1[C@@H](O)[C@H](O)C2C3C[C@@H](O)[C@@]4(O)C[C@@H](O)CC[C@]4(C)C3CC[C@]12C. The van der Waals surface area contributed by atoms with E-state index >= 15 is 0 Å². The Morgan fingerprint density at radius 2 is 1.71 bits per heavy atom. The number of rotatable bonds is 6. The fourth-order valence-electron chi connectivity index (χ4n) is 9.44. The van der Waals surface area contributed by atoms with Crippen molar-refractivity contribution in [3.63, 3.8) is 0 Å². The molecule has 7 N–H and O–H groups in total. The summed E-state index contributed by atoms with van der Waals surface area (Å²) in [5.41, 5.74) is -3.23. The van der Waals surface area contributed by atoms with Crippen LogP contribution in [0.25, 0.3) is 0 Å². The van der Waals surface area contributed by atoms with E-state index in [9.17, 15) is 35.7 Å². The summed E-state index contributed by atoms with van der Waals surface area (Å²) in [4.78, 5) is 0. The molecule has 198 valence electrons. The summed E-state index contributed by atoms with van der Waals surface area (Å²) in [6.07, 6.45) is 2.28. The Morgan fingerprint density at radius 1 is 1.03 bits per heavy atom. The molecule has 0 spiro atoms. The second-order valence-corrected chi connectivity index (χ2v) is 13.4. The van der Waals surface area contributed by atoms with E-state index in [1.807, 2.05) is 0 Å². The minimum atomic E-state index is -1.32. The van der Waals surface area contributed by atoms with Gasteiger partial charge in [0.25, 0.3) is 0 Å². The second-order valence-electron chi connectivity index (χ2n) is 13.4. The molecule has 6 unspecified atom stereocenters. The van der Waals surface area contributed by atoms with Crippen LogP contribution < -0.4 is 0 Å². The molecule has 0 bridgehead atoms. The Morgan fingerprint density at radius 3 is 2.35 bits per heavy atom. The van der Waals surface area contributed by atoms with Gasteiger partial charge in [0.05, 0.1) is 42.2 Å². The zero-order valence-corrected chi connectivity index (χ0v) is 21.4. The van der Waals surface area contributed by atoms with Crippen LogP contribution in [0.1, 0.15) is 85.5 Å². The molecule has 7 heteroatoms. The molecule has 4 aliphatic rings. The summed E-state index contributed by atoms with van der Waals surface area (Å²) in [5.74, 6) is 0.0217. The molecular weight excluding hydrogens is 436 g/mol. The lowest BCUT2D eigenvalue weighted by Gasteiger charge is -2.65. The van der Waals surface area contributed by atoms with E-state index in [1.54, 1.807) is 6.92 Å². The van der Waals surface area contributed by atoms with Gasteiger partial charge in [-0.15, -0.1) is 0 Å². The molecule has 4 rings (SSSR count). The molecule has 0 radical (unpaired) electrons. The minimum Gasteiger partial charge on any atom is -0.393 e. The van der Waals surface area contributed by atoms with E-state index in [0.717, 1.165) is 25.7 Å². The van der Waals surface area contributed by atoms with Crippen molar-refractivity contribution >= 4 is 0 Å². The van der Waals surface area contributed by atoms with Crippen molar-refractivity contribution in [1.29, 1.82) is 0 Å². The van der Waals surface area contributed by atoms with Gasteiger partial charge in [0, 0.05) is 11.8 Å². The highest BCUT2D eigenvalue weighted by Crippen LogP contribution is 2.69. The summed E-state index contributed by atoms with van der Waals surface area (Å²) in [7, 11) is 0. The van der Waals surface area contributed by atoms with Crippen molar-refractivity contribution < 1.29 is 35.7 Å². The van der Waals surface area contributed by atoms with Crippen LogP contribution in [0.15, 0.2) is 0 Å². The van der Waals surface area contributed by atoms with Gasteiger partial charge >= 0.3 is 0 Å². The molecule has 0 aromatic heterocycles. The van der Waals surface area contributed by atoms with E-state index in [4.69, 9.17) is 0 Å². The number of hydrogen-bond donors (Lipinski definition) is 7. The topological polar surface area (TPSA) is 142 Å². The number of fused-ring (bicyclic) bond motifs is 5. The summed E-state index contributed by atoms with van der Waals surface area (Å²) in [6.45, 7) is 7.72. The number of aliphatic hydroxyl groups excluding tert-OH is 5. The Bertz CT molecular complexity index is 744. The predicted octanol–water partition coefficient (Wildman–Crippen LogP) is 1.58. The van der Waals surface area contributed by atoms with Gasteiger partial charge in [0.15, 0.2) is 0 Å². The summed E-state index contributed by atoms with van der Waals surface area (Å²) in [6, 6.07) is 0. The van der Waals surface area contributed by atoms with Crippen LogP contribution in [-0.4, -0.2) is 78.0 Å². The van der Waals surface area contributed by atoms with Gasteiger partial charge in [0.2, 0.25) is 0 Å². The van der Waals surface area contributed by atoms with E-state index in [-0.39, 0.29) is 48.0 Å². The summed E-state index contributed by atoms with van der Waals surface area (Å²) >= 11 is 0. The lowest BCUT2D eigenvalue weighted by Crippen LogP contribution is -2.69. The molecule has 0 aromatic rings. The standard InChI is InChI=1S/C27H48O7/c1-15(6-5-9-24(2,33)14-28)20-22(31)23(32)21-17-12-19(30)27(34)13-16(29)7-11-26(27,4)18(17)8-10-25(20,21)3/h15-23,28-34H,5-14H2,1-4H3/t15?,16-,17?,18?,19+,20?,21?,22+,23+,24?,25+,26+,27-/m0/s1. The third-order valence-corrected chi connectivity index (χ3v) is 11.3. The zero-order valence-electron chi connectivity index (χ0n) is 21.4. The molecule has 0 heterocycles. The zero-order chi connectivity index (χ0) is 25.3. The van der Waals surface area contributed by atoms with Crippen molar-refractivity contribution in [3.8, 4) is 0 Å². The maximum Gasteiger partial charge on any atom is 0.0985 e. The van der Waals surface area contributed by atoms with Crippen LogP contribution in [0, 0.1) is 40.4 Å². The monoisotopic (exact) mass is 484 g/mol. The lowest BCUT2D eigenvalue weighted by atomic mass is 9.42. The van der Waals surface area contributed by atoms with Crippen molar-refractivity contribution in [2.24, 2.45) is 40.4 Å². The van der Waals surface area contributed by atoms with E-state index < -0.39 is 41.0 Å². The fourth-order valence-corrected chi connectivity index (χ4v) is 9.44.